The van der Waals surface area contributed by atoms with E-state index in [0.29, 0.717) is 6.42 Å². The Labute approximate surface area is 149 Å². The maximum absolute atomic E-state index is 13.0. The van der Waals surface area contributed by atoms with E-state index in [1.54, 1.807) is 20.8 Å². The Morgan fingerprint density at radius 1 is 1.40 bits per heavy atom. The molecule has 3 atom stereocenters. The lowest BCUT2D eigenvalue weighted by atomic mass is 9.90. The van der Waals surface area contributed by atoms with Gasteiger partial charge in [0, 0.05) is 31.0 Å². The van der Waals surface area contributed by atoms with E-state index in [9.17, 15) is 13.2 Å². The molecule has 1 aliphatic heterocycles. The second kappa shape index (κ2) is 7.33. The van der Waals surface area contributed by atoms with E-state index in [4.69, 9.17) is 4.74 Å². The number of hydrogen-bond acceptors (Lipinski definition) is 5. The predicted octanol–water partition coefficient (Wildman–Crippen LogP) is 2.11. The second-order valence-electron chi connectivity index (χ2n) is 7.56. The van der Waals surface area contributed by atoms with Gasteiger partial charge in [0.15, 0.2) is 0 Å². The lowest BCUT2D eigenvalue weighted by molar-refractivity contribution is 0.0497. The number of carbonyl (C=O) groups is 1. The van der Waals surface area contributed by atoms with Gasteiger partial charge in [-0.15, -0.1) is 0 Å². The van der Waals surface area contributed by atoms with Gasteiger partial charge >= 0.3 is 6.09 Å². The van der Waals surface area contributed by atoms with Gasteiger partial charge in [0.25, 0.3) is 10.0 Å². The zero-order chi connectivity index (χ0) is 18.8. The number of imidazole rings is 1. The predicted molar refractivity (Wildman–Crippen MR) is 93.5 cm³/mol. The number of nitrogens with zero attached hydrogens (tertiary/aromatic N) is 2. The maximum Gasteiger partial charge on any atom is 0.407 e. The summed E-state index contributed by atoms with van der Waals surface area (Å²) in [6, 6.07) is -0.525. The standard InChI is InChI=1S/C16H28N4O4S/c1-11-6-7-13(10-19-15(21)24-16(3,4)5)20(12(11)2)25(22,23)14-17-8-9-18-14/h8-9,11-13H,6-7,10H2,1-5H3,(H,17,18)(H,19,21)/t11-,12-,13-/m1/s1. The number of alkyl carbamates (subject to hydrolysis) is 1. The Morgan fingerprint density at radius 3 is 2.64 bits per heavy atom. The van der Waals surface area contributed by atoms with Crippen molar-refractivity contribution in [1.82, 2.24) is 19.6 Å². The van der Waals surface area contributed by atoms with Crippen LogP contribution in [0.25, 0.3) is 0 Å². The minimum atomic E-state index is -3.76. The molecule has 2 heterocycles. The molecule has 0 radical (unpaired) electrons. The summed E-state index contributed by atoms with van der Waals surface area (Å²) in [5, 5.41) is 2.62. The monoisotopic (exact) mass is 372 g/mol. The molecule has 9 heteroatoms. The second-order valence-corrected chi connectivity index (χ2v) is 9.32. The fraction of sp³-hybridized carbons (Fsp3) is 0.750. The first kappa shape index (κ1) is 19.7. The molecule has 8 nitrogen and oxygen atoms in total. The van der Waals surface area contributed by atoms with Crippen LogP contribution in [-0.2, 0) is 14.8 Å². The molecule has 0 bridgehead atoms. The van der Waals surface area contributed by atoms with E-state index in [2.05, 4.69) is 15.3 Å². The molecule has 1 fully saturated rings. The highest BCUT2D eigenvalue weighted by Crippen LogP contribution is 2.32. The van der Waals surface area contributed by atoms with Crippen LogP contribution in [0.4, 0.5) is 4.79 Å². The van der Waals surface area contributed by atoms with Crippen LogP contribution in [0.2, 0.25) is 0 Å². The molecule has 0 saturated carbocycles. The first-order valence-electron chi connectivity index (χ1n) is 8.52. The number of carbonyl (C=O) groups excluding carboxylic acids is 1. The van der Waals surface area contributed by atoms with Crippen molar-refractivity contribution in [2.45, 2.75) is 70.3 Å². The Balaban J connectivity index is 2.16. The molecule has 1 amide bonds. The molecular formula is C16H28N4O4S. The lowest BCUT2D eigenvalue weighted by Crippen LogP contribution is -2.55. The number of aromatic amines is 1. The number of hydrogen-bond donors (Lipinski definition) is 2. The van der Waals surface area contributed by atoms with Crippen LogP contribution in [0.15, 0.2) is 17.6 Å². The van der Waals surface area contributed by atoms with E-state index in [0.717, 1.165) is 6.42 Å². The molecule has 2 rings (SSSR count). The highest BCUT2D eigenvalue weighted by molar-refractivity contribution is 7.89. The molecule has 1 saturated heterocycles. The van der Waals surface area contributed by atoms with Crippen molar-refractivity contribution in [3.8, 4) is 0 Å². The van der Waals surface area contributed by atoms with E-state index in [1.165, 1.54) is 16.7 Å². The molecule has 0 aliphatic carbocycles. The normalized spacial score (nSPS) is 25.6. The molecule has 0 unspecified atom stereocenters. The summed E-state index contributed by atoms with van der Waals surface area (Å²) >= 11 is 0. The van der Waals surface area contributed by atoms with Crippen molar-refractivity contribution in [2.75, 3.05) is 6.54 Å². The number of aromatic nitrogens is 2. The van der Waals surface area contributed by atoms with Gasteiger partial charge in [0.05, 0.1) is 0 Å². The molecule has 0 spiro atoms. The Morgan fingerprint density at radius 2 is 2.08 bits per heavy atom. The topological polar surface area (TPSA) is 104 Å². The van der Waals surface area contributed by atoms with Crippen molar-refractivity contribution < 1.29 is 17.9 Å². The summed E-state index contributed by atoms with van der Waals surface area (Å²) in [7, 11) is -3.76. The number of amides is 1. The highest BCUT2D eigenvalue weighted by atomic mass is 32.2. The third-order valence-electron chi connectivity index (χ3n) is 4.42. The largest absolute Gasteiger partial charge is 0.444 e. The van der Waals surface area contributed by atoms with Crippen LogP contribution in [0, 0.1) is 5.92 Å². The van der Waals surface area contributed by atoms with Gasteiger partial charge in [-0.1, -0.05) is 6.92 Å². The Kier molecular flexibility index (Phi) is 5.78. The number of ether oxygens (including phenoxy) is 1. The zero-order valence-electron chi connectivity index (χ0n) is 15.4. The van der Waals surface area contributed by atoms with Crippen LogP contribution in [-0.4, -0.2) is 53.0 Å². The number of rotatable bonds is 4. The summed E-state index contributed by atoms with van der Waals surface area (Å²) in [4.78, 5) is 18.5. The van der Waals surface area contributed by atoms with E-state index in [1.807, 2.05) is 13.8 Å². The van der Waals surface area contributed by atoms with Gasteiger partial charge in [-0.2, -0.15) is 4.31 Å². The third kappa shape index (κ3) is 4.72. The van der Waals surface area contributed by atoms with Gasteiger partial charge in [-0.25, -0.2) is 18.2 Å². The summed E-state index contributed by atoms with van der Waals surface area (Å²) in [5.41, 5.74) is -0.599. The first-order valence-corrected chi connectivity index (χ1v) is 9.96. The van der Waals surface area contributed by atoms with Crippen LogP contribution < -0.4 is 5.32 Å². The molecular weight excluding hydrogens is 344 g/mol. The molecule has 2 N–H and O–H groups in total. The molecule has 0 aromatic carbocycles. The van der Waals surface area contributed by atoms with Gasteiger partial charge in [0.1, 0.15) is 5.60 Å². The summed E-state index contributed by atoms with van der Waals surface area (Å²) in [5.74, 6) is 0.225. The van der Waals surface area contributed by atoms with Crippen LogP contribution >= 0.6 is 0 Å². The fourth-order valence-electron chi connectivity index (χ4n) is 3.02. The van der Waals surface area contributed by atoms with Gasteiger partial charge in [-0.05, 0) is 46.5 Å². The van der Waals surface area contributed by atoms with Gasteiger partial charge < -0.3 is 15.0 Å². The zero-order valence-corrected chi connectivity index (χ0v) is 16.3. The SMILES string of the molecule is C[C@@H]1CC[C@H](CNC(=O)OC(C)(C)C)N(S(=O)(=O)c2ncc[nH]2)[C@@H]1C. The molecule has 1 aromatic heterocycles. The van der Waals surface area contributed by atoms with E-state index < -0.39 is 21.7 Å². The fourth-order valence-corrected chi connectivity index (χ4v) is 4.85. The van der Waals surface area contributed by atoms with Crippen molar-refractivity contribution in [2.24, 2.45) is 5.92 Å². The summed E-state index contributed by atoms with van der Waals surface area (Å²) in [6.45, 7) is 9.48. The van der Waals surface area contributed by atoms with E-state index >= 15 is 0 Å². The third-order valence-corrected chi connectivity index (χ3v) is 6.31. The summed E-state index contributed by atoms with van der Waals surface area (Å²) < 4.78 is 32.7. The van der Waals surface area contributed by atoms with Crippen molar-refractivity contribution >= 4 is 16.1 Å². The molecule has 1 aliphatic rings. The van der Waals surface area contributed by atoms with Crippen LogP contribution in [0.5, 0.6) is 0 Å². The smallest absolute Gasteiger partial charge is 0.407 e. The Hall–Kier alpha value is -1.61. The number of H-pyrrole nitrogens is 1. The van der Waals surface area contributed by atoms with Gasteiger partial charge in [0.2, 0.25) is 5.16 Å². The first-order chi connectivity index (χ1) is 11.5. The molecule has 1 aromatic rings. The highest BCUT2D eigenvalue weighted by Gasteiger charge is 2.42. The summed E-state index contributed by atoms with van der Waals surface area (Å²) in [6.07, 6.45) is 3.92. The van der Waals surface area contributed by atoms with Crippen LogP contribution in [0.1, 0.15) is 47.5 Å². The lowest BCUT2D eigenvalue weighted by Gasteiger charge is -2.42. The minimum Gasteiger partial charge on any atom is -0.444 e. The van der Waals surface area contributed by atoms with Crippen LogP contribution in [0.3, 0.4) is 0 Å². The molecule has 25 heavy (non-hydrogen) atoms. The average molecular weight is 372 g/mol. The number of sulfonamides is 1. The molecule has 142 valence electrons. The average Bonchev–Trinajstić information content (AvgIpc) is 3.01. The van der Waals surface area contributed by atoms with Crippen molar-refractivity contribution in [3.05, 3.63) is 12.4 Å². The van der Waals surface area contributed by atoms with Crippen molar-refractivity contribution in [1.29, 1.82) is 0 Å². The van der Waals surface area contributed by atoms with E-state index in [-0.39, 0.29) is 29.7 Å². The van der Waals surface area contributed by atoms with Crippen molar-refractivity contribution in [3.63, 3.8) is 0 Å². The maximum atomic E-state index is 13.0. The minimum absolute atomic E-state index is 0.0734. The van der Waals surface area contributed by atoms with Gasteiger partial charge in [-0.3, -0.25) is 0 Å². The Bertz CT molecular complexity index is 681. The quantitative estimate of drug-likeness (QED) is 0.842. The number of nitrogens with one attached hydrogen (secondary N) is 2. The number of piperidine rings is 1.